The fourth-order valence-corrected chi connectivity index (χ4v) is 6.62. The number of hydrogen-bond donors (Lipinski definition) is 0. The van der Waals surface area contributed by atoms with Crippen molar-refractivity contribution in [2.24, 2.45) is 10.8 Å². The molecule has 6 nitrogen and oxygen atoms in total. The van der Waals surface area contributed by atoms with Crippen LogP contribution in [0.15, 0.2) is 47.3 Å². The van der Waals surface area contributed by atoms with E-state index >= 15 is 0 Å². The molecule has 0 radical (unpaired) electrons. The minimum Gasteiger partial charge on any atom is -0.490 e. The molecule has 0 saturated heterocycles. The second kappa shape index (κ2) is 11.9. The van der Waals surface area contributed by atoms with Crippen molar-refractivity contribution >= 4 is 11.6 Å². The van der Waals surface area contributed by atoms with Crippen molar-refractivity contribution in [2.45, 2.75) is 86.0 Å². The van der Waals surface area contributed by atoms with E-state index in [0.29, 0.717) is 51.4 Å². The van der Waals surface area contributed by atoms with Gasteiger partial charge < -0.3 is 19.1 Å². The normalized spacial score (nSPS) is 20.4. The lowest BCUT2D eigenvalue weighted by molar-refractivity contribution is -0.119. The predicted molar refractivity (Wildman–Crippen MR) is 159 cm³/mol. The molecule has 40 heavy (non-hydrogen) atoms. The van der Waals surface area contributed by atoms with Crippen LogP contribution < -0.4 is 9.47 Å². The summed E-state index contributed by atoms with van der Waals surface area (Å²) >= 11 is 0. The molecule has 6 heteroatoms. The maximum absolute atomic E-state index is 14.1. The van der Waals surface area contributed by atoms with E-state index < -0.39 is 5.92 Å². The molecule has 0 N–H and O–H groups in total. The van der Waals surface area contributed by atoms with Crippen LogP contribution >= 0.6 is 0 Å². The molecule has 0 bridgehead atoms. The smallest absolute Gasteiger partial charge is 0.164 e. The second-order valence-electron chi connectivity index (χ2n) is 13.0. The molecular formula is C34H47NO5. The summed E-state index contributed by atoms with van der Waals surface area (Å²) in [6.45, 7) is 18.8. The molecule has 0 unspecified atom stereocenters. The van der Waals surface area contributed by atoms with Gasteiger partial charge in [0.15, 0.2) is 23.1 Å². The second-order valence-corrected chi connectivity index (χ2v) is 13.0. The fourth-order valence-electron chi connectivity index (χ4n) is 6.62. The van der Waals surface area contributed by atoms with E-state index in [1.807, 2.05) is 19.1 Å². The van der Waals surface area contributed by atoms with Gasteiger partial charge >= 0.3 is 0 Å². The van der Waals surface area contributed by atoms with Gasteiger partial charge in [0.25, 0.3) is 0 Å². The number of carbonyl (C=O) groups excluding carboxylic acids is 2. The van der Waals surface area contributed by atoms with Gasteiger partial charge in [-0.2, -0.15) is 0 Å². The van der Waals surface area contributed by atoms with Crippen molar-refractivity contribution in [3.63, 3.8) is 0 Å². The first-order valence-corrected chi connectivity index (χ1v) is 14.8. The molecule has 1 aromatic carbocycles. The third-order valence-corrected chi connectivity index (χ3v) is 8.14. The number of benzene rings is 1. The lowest BCUT2D eigenvalue weighted by Crippen LogP contribution is -2.45. The van der Waals surface area contributed by atoms with Crippen LogP contribution in [0.3, 0.4) is 0 Å². The first-order chi connectivity index (χ1) is 19.0. The molecule has 0 aromatic heterocycles. The van der Waals surface area contributed by atoms with Crippen LogP contribution in [0.5, 0.6) is 11.5 Å². The average molecular weight is 550 g/mol. The van der Waals surface area contributed by atoms with Gasteiger partial charge in [0.1, 0.15) is 0 Å². The molecule has 4 rings (SSSR count). The van der Waals surface area contributed by atoms with E-state index in [0.717, 1.165) is 58.7 Å². The third kappa shape index (κ3) is 5.93. The SMILES string of the molecule is C=CCc1cc(C2C3=C(CC(C)(C)CC3=O)N(CCOC)C3=C2C(=O)CC(C)(C)C3)cc(OCC)c1OCCC. The molecule has 1 aliphatic heterocycles. The highest BCUT2D eigenvalue weighted by atomic mass is 16.5. The summed E-state index contributed by atoms with van der Waals surface area (Å²) in [4.78, 5) is 30.4. The molecule has 218 valence electrons. The van der Waals surface area contributed by atoms with E-state index in [9.17, 15) is 9.59 Å². The Hall–Kier alpha value is -2.86. The molecule has 0 amide bonds. The van der Waals surface area contributed by atoms with Gasteiger partial charge in [0.2, 0.25) is 0 Å². The fraction of sp³-hybridized carbons (Fsp3) is 0.588. The van der Waals surface area contributed by atoms with Crippen LogP contribution in [-0.4, -0.2) is 49.9 Å². The van der Waals surface area contributed by atoms with E-state index in [2.05, 4.69) is 52.2 Å². The zero-order valence-corrected chi connectivity index (χ0v) is 25.6. The maximum atomic E-state index is 14.1. The Morgan fingerprint density at radius 2 is 1.52 bits per heavy atom. The van der Waals surface area contributed by atoms with Crippen molar-refractivity contribution in [2.75, 3.05) is 33.5 Å². The predicted octanol–water partition coefficient (Wildman–Crippen LogP) is 6.93. The number of Topliss-reactive ketones (excluding diaryl/α,β-unsaturated/α-hetero) is 2. The first-order valence-electron chi connectivity index (χ1n) is 14.8. The summed E-state index contributed by atoms with van der Waals surface area (Å²) in [5, 5.41) is 0. The van der Waals surface area contributed by atoms with E-state index in [4.69, 9.17) is 14.2 Å². The quantitative estimate of drug-likeness (QED) is 0.279. The average Bonchev–Trinajstić information content (AvgIpc) is 2.85. The Labute approximate surface area is 240 Å². The number of hydrogen-bond acceptors (Lipinski definition) is 6. The summed E-state index contributed by atoms with van der Waals surface area (Å²) in [6.07, 6.45) is 5.79. The zero-order valence-electron chi connectivity index (χ0n) is 25.6. The Kier molecular flexibility index (Phi) is 8.99. The van der Waals surface area contributed by atoms with Gasteiger partial charge in [-0.1, -0.05) is 46.8 Å². The summed E-state index contributed by atoms with van der Waals surface area (Å²) in [7, 11) is 1.70. The van der Waals surface area contributed by atoms with Crippen molar-refractivity contribution < 1.29 is 23.8 Å². The maximum Gasteiger partial charge on any atom is 0.164 e. The molecule has 2 aliphatic carbocycles. The van der Waals surface area contributed by atoms with Gasteiger partial charge in [0.05, 0.1) is 19.8 Å². The van der Waals surface area contributed by atoms with E-state index in [-0.39, 0.29) is 22.4 Å². The number of nitrogens with zero attached hydrogens (tertiary/aromatic N) is 1. The Morgan fingerprint density at radius 3 is 2.02 bits per heavy atom. The van der Waals surface area contributed by atoms with E-state index in [1.54, 1.807) is 7.11 Å². The topological polar surface area (TPSA) is 65.1 Å². The van der Waals surface area contributed by atoms with Gasteiger partial charge in [-0.25, -0.2) is 0 Å². The first kappa shape index (κ1) is 30.1. The molecule has 3 aliphatic rings. The minimum atomic E-state index is -0.431. The molecule has 0 saturated carbocycles. The summed E-state index contributed by atoms with van der Waals surface area (Å²) in [6, 6.07) is 4.12. The van der Waals surface area contributed by atoms with Crippen molar-refractivity contribution in [1.29, 1.82) is 0 Å². The number of methoxy groups -OCH3 is 1. The van der Waals surface area contributed by atoms with Crippen molar-refractivity contribution in [3.8, 4) is 11.5 Å². The van der Waals surface area contributed by atoms with Crippen LogP contribution in [0.25, 0.3) is 0 Å². The number of carbonyl (C=O) groups is 2. The highest BCUT2D eigenvalue weighted by Gasteiger charge is 2.49. The highest BCUT2D eigenvalue weighted by Crippen LogP contribution is 2.55. The van der Waals surface area contributed by atoms with Gasteiger partial charge in [-0.3, -0.25) is 9.59 Å². The van der Waals surface area contributed by atoms with Crippen molar-refractivity contribution in [1.82, 2.24) is 4.90 Å². The Balaban J connectivity index is 2.02. The molecule has 1 aromatic rings. The van der Waals surface area contributed by atoms with Crippen molar-refractivity contribution in [3.05, 3.63) is 58.5 Å². The molecular weight excluding hydrogens is 502 g/mol. The highest BCUT2D eigenvalue weighted by molar-refractivity contribution is 6.06. The molecule has 0 fully saturated rings. The number of ether oxygens (including phenoxy) is 3. The van der Waals surface area contributed by atoms with Crippen LogP contribution in [0, 0.1) is 10.8 Å². The van der Waals surface area contributed by atoms with Gasteiger partial charge in [-0.05, 0) is 55.1 Å². The number of allylic oxidation sites excluding steroid dienone is 5. The van der Waals surface area contributed by atoms with E-state index in [1.165, 1.54) is 0 Å². The van der Waals surface area contributed by atoms with Crippen LogP contribution in [-0.2, 0) is 20.7 Å². The Bertz CT molecular complexity index is 1180. The lowest BCUT2D eigenvalue weighted by Gasteiger charge is -2.49. The molecule has 0 atom stereocenters. The summed E-state index contributed by atoms with van der Waals surface area (Å²) < 4.78 is 17.8. The third-order valence-electron chi connectivity index (χ3n) is 8.14. The van der Waals surface area contributed by atoms with Gasteiger partial charge in [-0.15, -0.1) is 6.58 Å². The van der Waals surface area contributed by atoms with Gasteiger partial charge in [0, 0.05) is 60.5 Å². The number of rotatable bonds is 11. The molecule has 0 spiro atoms. The van der Waals surface area contributed by atoms with Crippen LogP contribution in [0.4, 0.5) is 0 Å². The van der Waals surface area contributed by atoms with Crippen LogP contribution in [0.1, 0.15) is 90.7 Å². The summed E-state index contributed by atoms with van der Waals surface area (Å²) in [5.74, 6) is 1.19. The molecule has 1 heterocycles. The lowest BCUT2D eigenvalue weighted by atomic mass is 9.63. The summed E-state index contributed by atoms with van der Waals surface area (Å²) in [5.41, 5.74) is 5.15. The number of ketones is 2. The minimum absolute atomic E-state index is 0.123. The van der Waals surface area contributed by atoms with Crippen LogP contribution in [0.2, 0.25) is 0 Å². The largest absolute Gasteiger partial charge is 0.490 e. The monoisotopic (exact) mass is 549 g/mol. The Morgan fingerprint density at radius 1 is 0.925 bits per heavy atom. The zero-order chi connectivity index (χ0) is 29.2. The standard InChI is InChI=1S/C34H47NO5/c1-9-12-22-16-23(17-28(39-11-3)32(22)40-14-10-2)29-30-24(18-33(4,5)20-26(30)36)35(13-15-38-8)25-19-34(6,7)21-27(37)31(25)29/h9,16-17,29H,1,10-15,18-21H2,2-8H3.